The third-order valence-electron chi connectivity index (χ3n) is 3.04. The Bertz CT molecular complexity index is 347. The molecule has 0 saturated heterocycles. The Balaban J connectivity index is 2.76. The molecule has 0 saturated carbocycles. The zero-order valence-electron chi connectivity index (χ0n) is 11.4. The second-order valence-electron chi connectivity index (χ2n) is 4.69. The summed E-state index contributed by atoms with van der Waals surface area (Å²) in [5.74, 6) is 0.895. The average molecular weight is 236 g/mol. The minimum atomic E-state index is -0.370. The fourth-order valence-electron chi connectivity index (χ4n) is 1.91. The van der Waals surface area contributed by atoms with E-state index in [9.17, 15) is 5.11 Å². The van der Waals surface area contributed by atoms with E-state index in [0.717, 1.165) is 30.6 Å². The van der Waals surface area contributed by atoms with Crippen LogP contribution >= 0.6 is 0 Å². The Kier molecular flexibility index (Phi) is 5.49. The first kappa shape index (κ1) is 14.0. The predicted octanol–water partition coefficient (Wildman–Crippen LogP) is 3.62. The molecule has 17 heavy (non-hydrogen) atoms. The highest BCUT2D eigenvalue weighted by Crippen LogP contribution is 2.23. The molecule has 1 aromatic rings. The number of ether oxygens (including phenoxy) is 1. The summed E-state index contributed by atoms with van der Waals surface area (Å²) in [6.07, 6.45) is 2.13. The van der Waals surface area contributed by atoms with Gasteiger partial charge in [0.1, 0.15) is 11.9 Å². The van der Waals surface area contributed by atoms with Crippen LogP contribution < -0.4 is 4.74 Å². The maximum atomic E-state index is 10.0. The highest BCUT2D eigenvalue weighted by atomic mass is 16.5. The van der Waals surface area contributed by atoms with Crippen LogP contribution in [-0.2, 0) is 0 Å². The monoisotopic (exact) mass is 236 g/mol. The zero-order chi connectivity index (χ0) is 12.8. The Hall–Kier alpha value is -1.02. The summed E-state index contributed by atoms with van der Waals surface area (Å²) in [5.41, 5.74) is 2.31. The lowest BCUT2D eigenvalue weighted by atomic mass is 10.1. The summed E-state index contributed by atoms with van der Waals surface area (Å²) in [4.78, 5) is 0. The van der Waals surface area contributed by atoms with Crippen LogP contribution in [0.5, 0.6) is 5.75 Å². The number of rotatable bonds is 6. The molecule has 0 fully saturated rings. The molecule has 2 atom stereocenters. The second-order valence-corrected chi connectivity index (χ2v) is 4.69. The van der Waals surface area contributed by atoms with Gasteiger partial charge in [-0.15, -0.1) is 0 Å². The molecule has 0 spiro atoms. The molecule has 1 aromatic carbocycles. The SMILES string of the molecule is CCCC(O)C(CC)Oc1cc(C)ccc1C. The molecule has 0 amide bonds. The van der Waals surface area contributed by atoms with Crippen molar-refractivity contribution in [2.24, 2.45) is 0 Å². The molecular formula is C15H24O2. The molecule has 0 aliphatic heterocycles. The van der Waals surface area contributed by atoms with Crippen molar-refractivity contribution in [2.75, 3.05) is 0 Å². The molecule has 2 unspecified atom stereocenters. The lowest BCUT2D eigenvalue weighted by Crippen LogP contribution is -2.31. The van der Waals surface area contributed by atoms with Crippen molar-refractivity contribution in [3.05, 3.63) is 29.3 Å². The van der Waals surface area contributed by atoms with Crippen molar-refractivity contribution in [3.8, 4) is 5.75 Å². The molecule has 96 valence electrons. The maximum absolute atomic E-state index is 10.0. The number of aryl methyl sites for hydroxylation is 2. The Morgan fingerprint density at radius 2 is 1.94 bits per heavy atom. The number of aliphatic hydroxyl groups is 1. The summed E-state index contributed by atoms with van der Waals surface area (Å²) in [6.45, 7) is 8.21. The molecule has 0 bridgehead atoms. The van der Waals surface area contributed by atoms with Crippen LogP contribution in [0, 0.1) is 13.8 Å². The van der Waals surface area contributed by atoms with Gasteiger partial charge in [0.25, 0.3) is 0 Å². The predicted molar refractivity (Wildman–Crippen MR) is 71.5 cm³/mol. The molecule has 0 aliphatic carbocycles. The third-order valence-corrected chi connectivity index (χ3v) is 3.04. The quantitative estimate of drug-likeness (QED) is 0.817. The molecule has 1 rings (SSSR count). The Morgan fingerprint density at radius 3 is 2.53 bits per heavy atom. The van der Waals surface area contributed by atoms with Gasteiger partial charge in [0, 0.05) is 0 Å². The van der Waals surface area contributed by atoms with Gasteiger partial charge in [0.15, 0.2) is 0 Å². The third kappa shape index (κ3) is 4.04. The van der Waals surface area contributed by atoms with E-state index >= 15 is 0 Å². The van der Waals surface area contributed by atoms with E-state index in [4.69, 9.17) is 4.74 Å². The zero-order valence-corrected chi connectivity index (χ0v) is 11.4. The molecule has 0 aromatic heterocycles. The van der Waals surface area contributed by atoms with Crippen LogP contribution in [0.2, 0.25) is 0 Å². The summed E-state index contributed by atoms with van der Waals surface area (Å²) in [6, 6.07) is 6.17. The van der Waals surface area contributed by atoms with E-state index in [1.54, 1.807) is 0 Å². The van der Waals surface area contributed by atoms with Gasteiger partial charge in [0.2, 0.25) is 0 Å². The van der Waals surface area contributed by atoms with Gasteiger partial charge in [-0.3, -0.25) is 0 Å². The van der Waals surface area contributed by atoms with Gasteiger partial charge in [-0.05, 0) is 43.9 Å². The highest BCUT2D eigenvalue weighted by Gasteiger charge is 2.18. The van der Waals surface area contributed by atoms with E-state index in [0.29, 0.717) is 0 Å². The second kappa shape index (κ2) is 6.65. The smallest absolute Gasteiger partial charge is 0.124 e. The minimum Gasteiger partial charge on any atom is -0.487 e. The fraction of sp³-hybridized carbons (Fsp3) is 0.600. The van der Waals surface area contributed by atoms with E-state index < -0.39 is 0 Å². The highest BCUT2D eigenvalue weighted by molar-refractivity contribution is 5.36. The first-order valence-corrected chi connectivity index (χ1v) is 6.50. The van der Waals surface area contributed by atoms with Crippen molar-refractivity contribution < 1.29 is 9.84 Å². The van der Waals surface area contributed by atoms with Gasteiger partial charge in [-0.2, -0.15) is 0 Å². The van der Waals surface area contributed by atoms with Crippen LogP contribution in [0.3, 0.4) is 0 Å². The lowest BCUT2D eigenvalue weighted by molar-refractivity contribution is 0.0280. The van der Waals surface area contributed by atoms with Crippen LogP contribution in [-0.4, -0.2) is 17.3 Å². The lowest BCUT2D eigenvalue weighted by Gasteiger charge is -2.24. The van der Waals surface area contributed by atoms with E-state index in [1.807, 2.05) is 13.0 Å². The standard InChI is InChI=1S/C15H24O2/c1-5-7-13(16)14(6-2)17-15-10-11(3)8-9-12(15)4/h8-10,13-14,16H,5-7H2,1-4H3. The van der Waals surface area contributed by atoms with Crippen LogP contribution in [0.25, 0.3) is 0 Å². The number of hydrogen-bond acceptors (Lipinski definition) is 2. The van der Waals surface area contributed by atoms with Gasteiger partial charge < -0.3 is 9.84 Å². The van der Waals surface area contributed by atoms with Crippen LogP contribution in [0.4, 0.5) is 0 Å². The number of hydrogen-bond donors (Lipinski definition) is 1. The molecule has 2 heteroatoms. The molecule has 0 heterocycles. The first-order valence-electron chi connectivity index (χ1n) is 6.50. The van der Waals surface area contributed by atoms with Crippen molar-refractivity contribution in [1.29, 1.82) is 0 Å². The number of benzene rings is 1. The Labute approximate surface area is 105 Å². The van der Waals surface area contributed by atoms with Gasteiger partial charge >= 0.3 is 0 Å². The van der Waals surface area contributed by atoms with E-state index in [2.05, 4.69) is 32.9 Å². The van der Waals surface area contributed by atoms with Gasteiger partial charge in [-0.1, -0.05) is 32.4 Å². The Morgan fingerprint density at radius 1 is 1.24 bits per heavy atom. The van der Waals surface area contributed by atoms with Gasteiger partial charge in [0.05, 0.1) is 6.10 Å². The fourth-order valence-corrected chi connectivity index (χ4v) is 1.91. The van der Waals surface area contributed by atoms with E-state index in [-0.39, 0.29) is 12.2 Å². The normalized spacial score (nSPS) is 14.4. The van der Waals surface area contributed by atoms with Crippen molar-refractivity contribution in [3.63, 3.8) is 0 Å². The summed E-state index contributed by atoms with van der Waals surface area (Å²) in [7, 11) is 0. The molecular weight excluding hydrogens is 212 g/mol. The van der Waals surface area contributed by atoms with Crippen LogP contribution in [0.1, 0.15) is 44.2 Å². The summed E-state index contributed by atoms with van der Waals surface area (Å²) < 4.78 is 5.94. The average Bonchev–Trinajstić information content (AvgIpc) is 2.30. The van der Waals surface area contributed by atoms with Crippen molar-refractivity contribution in [2.45, 2.75) is 59.2 Å². The maximum Gasteiger partial charge on any atom is 0.124 e. The van der Waals surface area contributed by atoms with Gasteiger partial charge in [-0.25, -0.2) is 0 Å². The van der Waals surface area contributed by atoms with Crippen molar-refractivity contribution >= 4 is 0 Å². The van der Waals surface area contributed by atoms with E-state index in [1.165, 1.54) is 5.56 Å². The molecule has 2 nitrogen and oxygen atoms in total. The number of aliphatic hydroxyl groups excluding tert-OH is 1. The van der Waals surface area contributed by atoms with Crippen molar-refractivity contribution in [1.82, 2.24) is 0 Å². The largest absolute Gasteiger partial charge is 0.487 e. The minimum absolute atomic E-state index is 0.101. The molecule has 0 radical (unpaired) electrons. The van der Waals surface area contributed by atoms with Crippen LogP contribution in [0.15, 0.2) is 18.2 Å². The summed E-state index contributed by atoms with van der Waals surface area (Å²) >= 11 is 0. The first-order chi connectivity index (χ1) is 8.08. The topological polar surface area (TPSA) is 29.5 Å². The summed E-state index contributed by atoms with van der Waals surface area (Å²) in [5, 5.41) is 10.0. The molecule has 1 N–H and O–H groups in total. The molecule has 0 aliphatic rings.